The largest absolute Gasteiger partial charge is 0.466 e. The van der Waals surface area contributed by atoms with E-state index in [0.29, 0.717) is 37.4 Å². The van der Waals surface area contributed by atoms with E-state index in [-0.39, 0.29) is 29.9 Å². The van der Waals surface area contributed by atoms with Crippen LogP contribution in [-0.2, 0) is 9.53 Å². The standard InChI is InChI=1S/C30H31NO4/c1-2-35-27(32)18-19-31-20-25(29(33)23-14-8-4-9-15-23)28(22-12-6-3-7-13-22)26(21-31)30(34)24-16-10-5-11-17-24/h3-17,25-26,28H,2,18-21H2,1H3/t25-,26+,28+. The SMILES string of the molecule is CCOC(=O)CCN1C[C@H](C(=O)c2ccccc2)[C@@H](c2ccccc2)[C@H](C(=O)c2ccccc2)C1. The van der Waals surface area contributed by atoms with Crippen LogP contribution in [-0.4, -0.2) is 48.7 Å². The maximum absolute atomic E-state index is 13.8. The number of piperidine rings is 1. The van der Waals surface area contributed by atoms with E-state index in [2.05, 4.69) is 4.90 Å². The van der Waals surface area contributed by atoms with E-state index in [0.717, 1.165) is 5.56 Å². The summed E-state index contributed by atoms with van der Waals surface area (Å²) < 4.78 is 5.11. The Balaban J connectivity index is 1.73. The number of esters is 1. The lowest BCUT2D eigenvalue weighted by molar-refractivity contribution is -0.143. The van der Waals surface area contributed by atoms with Crippen LogP contribution in [0.15, 0.2) is 91.0 Å². The number of ether oxygens (including phenoxy) is 1. The molecule has 3 aromatic rings. The molecule has 35 heavy (non-hydrogen) atoms. The summed E-state index contributed by atoms with van der Waals surface area (Å²) in [7, 11) is 0. The average molecular weight is 470 g/mol. The Labute approximate surface area is 206 Å². The smallest absolute Gasteiger partial charge is 0.307 e. The van der Waals surface area contributed by atoms with Crippen molar-refractivity contribution in [3.05, 3.63) is 108 Å². The molecule has 0 spiro atoms. The molecule has 0 N–H and O–H groups in total. The van der Waals surface area contributed by atoms with Gasteiger partial charge in [0.25, 0.3) is 0 Å². The van der Waals surface area contributed by atoms with Gasteiger partial charge < -0.3 is 9.64 Å². The molecular weight excluding hydrogens is 438 g/mol. The molecule has 3 atom stereocenters. The molecule has 0 radical (unpaired) electrons. The van der Waals surface area contributed by atoms with Gasteiger partial charge in [0, 0.05) is 48.5 Å². The molecule has 1 aliphatic heterocycles. The van der Waals surface area contributed by atoms with Crippen molar-refractivity contribution in [1.29, 1.82) is 0 Å². The number of Topliss-reactive ketones (excluding diaryl/α,β-unsaturated/α-hetero) is 2. The summed E-state index contributed by atoms with van der Waals surface area (Å²) in [4.78, 5) is 41.8. The van der Waals surface area contributed by atoms with Crippen LogP contribution in [0.2, 0.25) is 0 Å². The van der Waals surface area contributed by atoms with Gasteiger partial charge in [-0.2, -0.15) is 0 Å². The molecule has 3 aromatic carbocycles. The lowest BCUT2D eigenvalue weighted by Gasteiger charge is -2.43. The lowest BCUT2D eigenvalue weighted by atomic mass is 9.68. The second kappa shape index (κ2) is 11.7. The van der Waals surface area contributed by atoms with Gasteiger partial charge in [-0.05, 0) is 12.5 Å². The van der Waals surface area contributed by atoms with Crippen LogP contribution in [0.3, 0.4) is 0 Å². The van der Waals surface area contributed by atoms with Gasteiger partial charge in [-0.15, -0.1) is 0 Å². The fourth-order valence-corrected chi connectivity index (χ4v) is 5.07. The first-order valence-corrected chi connectivity index (χ1v) is 12.2. The molecule has 0 amide bonds. The summed E-state index contributed by atoms with van der Waals surface area (Å²) in [5.41, 5.74) is 2.26. The number of ketones is 2. The Bertz CT molecular complexity index is 1070. The predicted molar refractivity (Wildman–Crippen MR) is 135 cm³/mol. The molecule has 0 bridgehead atoms. The Kier molecular flexibility index (Phi) is 8.22. The summed E-state index contributed by atoms with van der Waals surface area (Å²) in [6, 6.07) is 28.4. The molecule has 0 unspecified atom stereocenters. The zero-order valence-electron chi connectivity index (χ0n) is 20.0. The van der Waals surface area contributed by atoms with Gasteiger partial charge >= 0.3 is 5.97 Å². The minimum absolute atomic E-state index is 0.0196. The van der Waals surface area contributed by atoms with Gasteiger partial charge in [0.2, 0.25) is 0 Å². The highest BCUT2D eigenvalue weighted by molar-refractivity contribution is 6.02. The highest BCUT2D eigenvalue weighted by Crippen LogP contribution is 2.40. The number of rotatable bonds is 9. The van der Waals surface area contributed by atoms with Crippen LogP contribution < -0.4 is 0 Å². The van der Waals surface area contributed by atoms with E-state index in [1.807, 2.05) is 91.0 Å². The summed E-state index contributed by atoms with van der Waals surface area (Å²) >= 11 is 0. The van der Waals surface area contributed by atoms with Gasteiger partial charge in [-0.1, -0.05) is 91.0 Å². The maximum atomic E-state index is 13.8. The van der Waals surface area contributed by atoms with Crippen molar-refractivity contribution in [2.75, 3.05) is 26.2 Å². The first-order chi connectivity index (χ1) is 17.1. The van der Waals surface area contributed by atoms with Crippen molar-refractivity contribution >= 4 is 17.5 Å². The zero-order valence-corrected chi connectivity index (χ0v) is 20.0. The molecule has 5 nitrogen and oxygen atoms in total. The normalized spacial score (nSPS) is 20.2. The van der Waals surface area contributed by atoms with E-state index in [1.54, 1.807) is 6.92 Å². The van der Waals surface area contributed by atoms with E-state index in [1.165, 1.54) is 0 Å². The summed E-state index contributed by atoms with van der Waals surface area (Å²) in [6.07, 6.45) is 0.225. The molecule has 180 valence electrons. The van der Waals surface area contributed by atoms with Gasteiger partial charge in [-0.3, -0.25) is 14.4 Å². The van der Waals surface area contributed by atoms with Crippen LogP contribution in [0.5, 0.6) is 0 Å². The molecular formula is C30H31NO4. The quantitative estimate of drug-likeness (QED) is 0.325. The first kappa shape index (κ1) is 24.6. The second-order valence-corrected chi connectivity index (χ2v) is 8.92. The molecule has 1 fully saturated rings. The van der Waals surface area contributed by atoms with Crippen LogP contribution >= 0.6 is 0 Å². The Hall–Kier alpha value is -3.57. The summed E-state index contributed by atoms with van der Waals surface area (Å²) in [6.45, 7) is 3.51. The number of hydrogen-bond acceptors (Lipinski definition) is 5. The Morgan fingerprint density at radius 2 is 1.20 bits per heavy atom. The van der Waals surface area contributed by atoms with Crippen molar-refractivity contribution in [3.63, 3.8) is 0 Å². The van der Waals surface area contributed by atoms with Gasteiger partial charge in [0.15, 0.2) is 11.6 Å². The summed E-state index contributed by atoms with van der Waals surface area (Å²) in [5, 5.41) is 0. The van der Waals surface area contributed by atoms with Crippen molar-refractivity contribution in [2.24, 2.45) is 11.8 Å². The molecule has 0 saturated carbocycles. The highest BCUT2D eigenvalue weighted by Gasteiger charge is 2.44. The lowest BCUT2D eigenvalue weighted by Crippen LogP contribution is -2.50. The predicted octanol–water partition coefficient (Wildman–Crippen LogP) is 5.04. The molecule has 0 aromatic heterocycles. The van der Waals surface area contributed by atoms with Crippen LogP contribution in [0.1, 0.15) is 45.5 Å². The zero-order chi connectivity index (χ0) is 24.6. The second-order valence-electron chi connectivity index (χ2n) is 8.92. The molecule has 4 rings (SSSR count). The van der Waals surface area contributed by atoms with Crippen LogP contribution in [0.25, 0.3) is 0 Å². The maximum Gasteiger partial charge on any atom is 0.307 e. The number of nitrogens with zero attached hydrogens (tertiary/aromatic N) is 1. The Morgan fingerprint density at radius 1 is 0.743 bits per heavy atom. The van der Waals surface area contributed by atoms with E-state index >= 15 is 0 Å². The number of carbonyl (C=O) groups is 3. The van der Waals surface area contributed by atoms with Crippen molar-refractivity contribution in [1.82, 2.24) is 4.90 Å². The highest BCUT2D eigenvalue weighted by atomic mass is 16.5. The Morgan fingerprint density at radius 3 is 1.66 bits per heavy atom. The van der Waals surface area contributed by atoms with E-state index in [4.69, 9.17) is 4.74 Å². The molecule has 5 heteroatoms. The number of benzene rings is 3. The van der Waals surface area contributed by atoms with Crippen molar-refractivity contribution in [2.45, 2.75) is 19.3 Å². The summed E-state index contributed by atoms with van der Waals surface area (Å²) in [5.74, 6) is -1.34. The van der Waals surface area contributed by atoms with Gasteiger partial charge in [-0.25, -0.2) is 0 Å². The van der Waals surface area contributed by atoms with Crippen LogP contribution in [0.4, 0.5) is 0 Å². The number of carbonyl (C=O) groups excluding carboxylic acids is 3. The third kappa shape index (κ3) is 5.92. The van der Waals surface area contributed by atoms with Crippen molar-refractivity contribution < 1.29 is 19.1 Å². The minimum Gasteiger partial charge on any atom is -0.466 e. The van der Waals surface area contributed by atoms with Crippen LogP contribution in [0, 0.1) is 11.8 Å². The first-order valence-electron chi connectivity index (χ1n) is 12.2. The molecule has 1 aliphatic rings. The van der Waals surface area contributed by atoms with Gasteiger partial charge in [0.05, 0.1) is 13.0 Å². The molecule has 1 saturated heterocycles. The number of hydrogen-bond donors (Lipinski definition) is 0. The van der Waals surface area contributed by atoms with E-state index < -0.39 is 11.8 Å². The minimum atomic E-state index is -0.423. The molecule has 1 heterocycles. The fourth-order valence-electron chi connectivity index (χ4n) is 5.07. The molecule has 0 aliphatic carbocycles. The monoisotopic (exact) mass is 469 g/mol. The fraction of sp³-hybridized carbons (Fsp3) is 0.300. The van der Waals surface area contributed by atoms with Gasteiger partial charge in [0.1, 0.15) is 0 Å². The third-order valence-corrected chi connectivity index (χ3v) is 6.69. The van der Waals surface area contributed by atoms with Crippen molar-refractivity contribution in [3.8, 4) is 0 Å². The average Bonchev–Trinajstić information content (AvgIpc) is 2.92. The van der Waals surface area contributed by atoms with E-state index in [9.17, 15) is 14.4 Å². The number of likely N-dealkylation sites (tertiary alicyclic amines) is 1. The topological polar surface area (TPSA) is 63.7 Å². The third-order valence-electron chi connectivity index (χ3n) is 6.69.